The molecule has 0 fully saturated rings. The van der Waals surface area contributed by atoms with Crippen molar-refractivity contribution in [3.05, 3.63) is 41.5 Å². The third-order valence-corrected chi connectivity index (χ3v) is 5.06. The Bertz CT molecular complexity index is 898. The van der Waals surface area contributed by atoms with Crippen LogP contribution in [0.2, 0.25) is 0 Å². The van der Waals surface area contributed by atoms with Crippen molar-refractivity contribution in [3.63, 3.8) is 0 Å². The first-order valence-electron chi connectivity index (χ1n) is 9.31. The highest BCUT2D eigenvalue weighted by molar-refractivity contribution is 5.97. The number of methoxy groups -OCH3 is 2. The van der Waals surface area contributed by atoms with Crippen molar-refractivity contribution in [3.8, 4) is 28.4 Å². The van der Waals surface area contributed by atoms with E-state index in [4.69, 9.17) is 18.9 Å². The molecule has 0 N–H and O–H groups in total. The van der Waals surface area contributed by atoms with Crippen molar-refractivity contribution < 1.29 is 28.5 Å². The van der Waals surface area contributed by atoms with Gasteiger partial charge in [0.1, 0.15) is 6.61 Å². The maximum Gasteiger partial charge on any atom is 0.338 e. The standard InChI is InChI=1S/C22H24O6/c1-5-13(6-2)21(23)28-19-15(10-11-18(25-3)20(19)26-4)14-8-7-9-16-17(14)12-27-22(16)24/h7-11,13H,5-6,12H2,1-4H3. The monoisotopic (exact) mass is 384 g/mol. The highest BCUT2D eigenvalue weighted by Crippen LogP contribution is 2.46. The van der Waals surface area contributed by atoms with Crippen LogP contribution < -0.4 is 14.2 Å². The summed E-state index contributed by atoms with van der Waals surface area (Å²) in [5, 5.41) is 0. The van der Waals surface area contributed by atoms with Crippen LogP contribution in [0.4, 0.5) is 0 Å². The SMILES string of the molecule is CCC(CC)C(=O)Oc1c(-c2cccc3c2COC3=O)ccc(OC)c1OC. The molecule has 6 nitrogen and oxygen atoms in total. The maximum atomic E-state index is 12.7. The summed E-state index contributed by atoms with van der Waals surface area (Å²) in [5.41, 5.74) is 2.69. The van der Waals surface area contributed by atoms with Crippen LogP contribution in [0.15, 0.2) is 30.3 Å². The Morgan fingerprint density at radius 1 is 1.00 bits per heavy atom. The summed E-state index contributed by atoms with van der Waals surface area (Å²) >= 11 is 0. The summed E-state index contributed by atoms with van der Waals surface area (Å²) in [6.45, 7) is 4.08. The molecule has 0 aromatic heterocycles. The minimum Gasteiger partial charge on any atom is -0.493 e. The van der Waals surface area contributed by atoms with E-state index in [-0.39, 0.29) is 30.2 Å². The lowest BCUT2D eigenvalue weighted by atomic mass is 9.95. The van der Waals surface area contributed by atoms with Gasteiger partial charge in [-0.15, -0.1) is 0 Å². The summed E-state index contributed by atoms with van der Waals surface area (Å²) in [6, 6.07) is 8.93. The molecule has 1 heterocycles. The predicted octanol–water partition coefficient (Wildman–Crippen LogP) is 4.38. The first kappa shape index (κ1) is 19.7. The smallest absolute Gasteiger partial charge is 0.338 e. The second-order valence-electron chi connectivity index (χ2n) is 6.52. The van der Waals surface area contributed by atoms with E-state index in [1.807, 2.05) is 19.9 Å². The van der Waals surface area contributed by atoms with Gasteiger partial charge in [0.05, 0.1) is 25.7 Å². The van der Waals surface area contributed by atoms with E-state index in [1.165, 1.54) is 14.2 Å². The van der Waals surface area contributed by atoms with Crippen molar-refractivity contribution in [1.29, 1.82) is 0 Å². The van der Waals surface area contributed by atoms with Crippen LogP contribution >= 0.6 is 0 Å². The number of cyclic esters (lactones) is 1. The van der Waals surface area contributed by atoms with Crippen molar-refractivity contribution >= 4 is 11.9 Å². The van der Waals surface area contributed by atoms with Gasteiger partial charge in [-0.05, 0) is 36.6 Å². The van der Waals surface area contributed by atoms with Crippen molar-refractivity contribution in [2.45, 2.75) is 33.3 Å². The molecule has 3 rings (SSSR count). The number of fused-ring (bicyclic) bond motifs is 1. The number of ether oxygens (including phenoxy) is 4. The largest absolute Gasteiger partial charge is 0.493 e. The molecule has 0 bridgehead atoms. The van der Waals surface area contributed by atoms with Gasteiger partial charge in [0.15, 0.2) is 11.5 Å². The molecule has 0 amide bonds. The quantitative estimate of drug-likeness (QED) is 0.521. The normalized spacial score (nSPS) is 12.5. The fourth-order valence-electron chi connectivity index (χ4n) is 3.42. The number of hydrogen-bond acceptors (Lipinski definition) is 6. The van der Waals surface area contributed by atoms with Gasteiger partial charge in [-0.25, -0.2) is 4.79 Å². The molecule has 0 spiro atoms. The van der Waals surface area contributed by atoms with Gasteiger partial charge in [-0.2, -0.15) is 0 Å². The van der Waals surface area contributed by atoms with Crippen LogP contribution in [0.25, 0.3) is 11.1 Å². The Kier molecular flexibility index (Phi) is 5.87. The van der Waals surface area contributed by atoms with Crippen LogP contribution in [-0.2, 0) is 16.1 Å². The summed E-state index contributed by atoms with van der Waals surface area (Å²) in [7, 11) is 3.02. The first-order chi connectivity index (χ1) is 13.5. The molecular weight excluding hydrogens is 360 g/mol. The minimum absolute atomic E-state index is 0.179. The van der Waals surface area contributed by atoms with Crippen LogP contribution in [0.1, 0.15) is 42.6 Å². The van der Waals surface area contributed by atoms with E-state index in [0.29, 0.717) is 35.5 Å². The first-order valence-corrected chi connectivity index (χ1v) is 9.31. The fourth-order valence-corrected chi connectivity index (χ4v) is 3.42. The predicted molar refractivity (Wildman–Crippen MR) is 104 cm³/mol. The molecule has 1 aliphatic rings. The lowest BCUT2D eigenvalue weighted by molar-refractivity contribution is -0.139. The Morgan fingerprint density at radius 2 is 1.71 bits per heavy atom. The number of carbonyl (C=O) groups is 2. The molecule has 2 aromatic rings. The summed E-state index contributed by atoms with van der Waals surface area (Å²) in [6.07, 6.45) is 1.36. The van der Waals surface area contributed by atoms with Crippen molar-refractivity contribution in [2.24, 2.45) is 5.92 Å². The van der Waals surface area contributed by atoms with E-state index in [2.05, 4.69) is 0 Å². The highest BCUT2D eigenvalue weighted by Gasteiger charge is 2.28. The zero-order valence-electron chi connectivity index (χ0n) is 16.5. The lowest BCUT2D eigenvalue weighted by Crippen LogP contribution is -2.20. The van der Waals surface area contributed by atoms with Gasteiger partial charge in [0, 0.05) is 11.1 Å². The molecule has 0 saturated heterocycles. The number of esters is 2. The lowest BCUT2D eigenvalue weighted by Gasteiger charge is -2.19. The number of carbonyl (C=O) groups excluding carboxylic acids is 2. The van der Waals surface area contributed by atoms with Crippen LogP contribution in [-0.4, -0.2) is 26.2 Å². The third-order valence-electron chi connectivity index (χ3n) is 5.06. The molecule has 0 radical (unpaired) electrons. The summed E-state index contributed by atoms with van der Waals surface area (Å²) < 4.78 is 21.9. The van der Waals surface area contributed by atoms with Gasteiger partial charge in [-0.3, -0.25) is 4.79 Å². The molecule has 0 unspecified atom stereocenters. The molecule has 6 heteroatoms. The fraction of sp³-hybridized carbons (Fsp3) is 0.364. The van der Waals surface area contributed by atoms with E-state index < -0.39 is 0 Å². The third kappa shape index (κ3) is 3.42. The topological polar surface area (TPSA) is 71.1 Å². The molecule has 0 aliphatic carbocycles. The van der Waals surface area contributed by atoms with E-state index in [0.717, 1.165) is 11.1 Å². The zero-order chi connectivity index (χ0) is 20.3. The van der Waals surface area contributed by atoms with Gasteiger partial charge in [0.25, 0.3) is 0 Å². The van der Waals surface area contributed by atoms with Crippen LogP contribution in [0, 0.1) is 5.92 Å². The number of rotatable bonds is 7. The average molecular weight is 384 g/mol. The van der Waals surface area contributed by atoms with Crippen LogP contribution in [0.3, 0.4) is 0 Å². The van der Waals surface area contributed by atoms with Gasteiger partial charge in [0.2, 0.25) is 5.75 Å². The second kappa shape index (κ2) is 8.33. The molecule has 0 saturated carbocycles. The van der Waals surface area contributed by atoms with Gasteiger partial charge < -0.3 is 18.9 Å². The van der Waals surface area contributed by atoms with Crippen LogP contribution in [0.5, 0.6) is 17.2 Å². The Morgan fingerprint density at radius 3 is 2.36 bits per heavy atom. The van der Waals surface area contributed by atoms with E-state index in [9.17, 15) is 9.59 Å². The van der Waals surface area contributed by atoms with Crippen molar-refractivity contribution in [1.82, 2.24) is 0 Å². The molecule has 28 heavy (non-hydrogen) atoms. The highest BCUT2D eigenvalue weighted by atomic mass is 16.6. The average Bonchev–Trinajstić information content (AvgIpc) is 3.09. The van der Waals surface area contributed by atoms with Gasteiger partial charge in [-0.1, -0.05) is 26.0 Å². The Labute approximate surface area is 164 Å². The molecule has 1 aliphatic heterocycles. The second-order valence-corrected chi connectivity index (χ2v) is 6.52. The molecule has 2 aromatic carbocycles. The molecule has 148 valence electrons. The summed E-state index contributed by atoms with van der Waals surface area (Å²) in [5.74, 6) is 0.188. The minimum atomic E-state index is -0.354. The van der Waals surface area contributed by atoms with E-state index in [1.54, 1.807) is 24.3 Å². The molecule has 0 atom stereocenters. The number of benzene rings is 2. The summed E-state index contributed by atoms with van der Waals surface area (Å²) in [4.78, 5) is 24.7. The Hall–Kier alpha value is -3.02. The van der Waals surface area contributed by atoms with Gasteiger partial charge >= 0.3 is 11.9 Å². The maximum absolute atomic E-state index is 12.7. The van der Waals surface area contributed by atoms with E-state index >= 15 is 0 Å². The Balaban J connectivity index is 2.17. The molecular formula is C22H24O6. The number of hydrogen-bond donors (Lipinski definition) is 0. The van der Waals surface area contributed by atoms with Crippen molar-refractivity contribution in [2.75, 3.05) is 14.2 Å². The zero-order valence-corrected chi connectivity index (χ0v) is 16.5.